The lowest BCUT2D eigenvalue weighted by molar-refractivity contribution is -0.0756. The summed E-state index contributed by atoms with van der Waals surface area (Å²) in [6, 6.07) is 26.2. The lowest BCUT2D eigenvalue weighted by atomic mass is 9.92. The quantitative estimate of drug-likeness (QED) is 0.215. The Kier molecular flexibility index (Phi) is 6.82. The molecule has 1 N–H and O–H groups in total. The van der Waals surface area contributed by atoms with E-state index in [0.717, 1.165) is 38.5 Å². The Morgan fingerprint density at radius 2 is 1.68 bits per heavy atom. The first-order valence-corrected chi connectivity index (χ1v) is 15.1. The second-order valence-electron chi connectivity index (χ2n) is 9.46. The van der Waals surface area contributed by atoms with Gasteiger partial charge in [-0.15, -0.1) is 11.3 Å². The van der Waals surface area contributed by atoms with Gasteiger partial charge in [0, 0.05) is 53.3 Å². The van der Waals surface area contributed by atoms with Crippen LogP contribution in [0.1, 0.15) is 10.4 Å². The van der Waals surface area contributed by atoms with Crippen molar-refractivity contribution in [3.63, 3.8) is 0 Å². The van der Waals surface area contributed by atoms with E-state index in [0.29, 0.717) is 16.9 Å². The molecule has 0 aliphatic heterocycles. The molecule has 3 heterocycles. The van der Waals surface area contributed by atoms with Crippen LogP contribution in [0.15, 0.2) is 101 Å². The summed E-state index contributed by atoms with van der Waals surface area (Å²) in [6.45, 7) is 0. The number of amides is 1. The number of hydrogen-bond donors (Lipinski definition) is 1. The van der Waals surface area contributed by atoms with E-state index in [1.807, 2.05) is 60.8 Å². The number of anilines is 1. The number of aromatic amines is 1. The minimum Gasteiger partial charge on any atom is -0.339 e. The number of carbonyl (C=O) groups excluding carboxylic acids is 1. The molecule has 1 amide bonds. The molecule has 0 bridgehead atoms. The lowest BCUT2D eigenvalue weighted by Crippen LogP contribution is -2.25. The van der Waals surface area contributed by atoms with Crippen molar-refractivity contribution in [2.75, 3.05) is 25.5 Å². The van der Waals surface area contributed by atoms with Gasteiger partial charge in [0.05, 0.1) is 12.8 Å². The SMILES string of the molecule is CON(C)C(=O)c1ccc(-c2cnc3[nH]c4ccc(N(C)S(=O)(=O)c5cccs5)cc4c3c2-c2ccccc2)cc1. The molecule has 206 valence electrons. The van der Waals surface area contributed by atoms with Crippen LogP contribution in [0.3, 0.4) is 0 Å². The highest BCUT2D eigenvalue weighted by Gasteiger charge is 2.24. The number of H-pyrrole nitrogens is 1. The van der Waals surface area contributed by atoms with E-state index >= 15 is 0 Å². The Morgan fingerprint density at radius 1 is 0.927 bits per heavy atom. The Morgan fingerprint density at radius 3 is 2.37 bits per heavy atom. The van der Waals surface area contributed by atoms with Crippen molar-refractivity contribution < 1.29 is 18.0 Å². The molecule has 41 heavy (non-hydrogen) atoms. The molecule has 10 heteroatoms. The zero-order valence-electron chi connectivity index (χ0n) is 22.5. The molecule has 0 saturated carbocycles. The third-order valence-corrected chi connectivity index (χ3v) is 10.3. The van der Waals surface area contributed by atoms with Crippen LogP contribution in [-0.2, 0) is 14.9 Å². The van der Waals surface area contributed by atoms with Crippen LogP contribution >= 0.6 is 11.3 Å². The number of benzene rings is 3. The zero-order chi connectivity index (χ0) is 28.7. The number of hydrogen-bond acceptors (Lipinski definition) is 6. The third kappa shape index (κ3) is 4.65. The Balaban J connectivity index is 1.55. The van der Waals surface area contributed by atoms with Gasteiger partial charge in [-0.25, -0.2) is 18.5 Å². The number of nitrogens with zero attached hydrogens (tertiary/aromatic N) is 3. The Bertz CT molecular complexity index is 1990. The van der Waals surface area contributed by atoms with E-state index in [1.165, 1.54) is 27.8 Å². The first kappa shape index (κ1) is 26.7. The standard InChI is InChI=1S/C31H26N4O4S2/c1-34(39-3)31(36)22-13-11-20(12-14-22)25-19-32-30-29(28(25)21-8-5-4-6-9-21)24-18-23(15-16-26(24)33-30)35(2)41(37,38)27-10-7-17-40-27/h4-19H,1-3H3,(H,32,33). The number of thiophene rings is 1. The molecule has 0 aliphatic rings. The van der Waals surface area contributed by atoms with E-state index in [4.69, 9.17) is 9.82 Å². The van der Waals surface area contributed by atoms with Crippen LogP contribution in [0.4, 0.5) is 5.69 Å². The van der Waals surface area contributed by atoms with Crippen molar-refractivity contribution in [1.82, 2.24) is 15.0 Å². The number of nitrogens with one attached hydrogen (secondary N) is 1. The number of pyridine rings is 1. The molecule has 8 nitrogen and oxygen atoms in total. The fraction of sp³-hybridized carbons (Fsp3) is 0.0968. The molecular formula is C31H26N4O4S2. The average molecular weight is 583 g/mol. The van der Waals surface area contributed by atoms with Gasteiger partial charge >= 0.3 is 0 Å². The summed E-state index contributed by atoms with van der Waals surface area (Å²) in [5, 5.41) is 4.66. The van der Waals surface area contributed by atoms with Crippen LogP contribution in [0, 0.1) is 0 Å². The molecule has 0 saturated heterocycles. The van der Waals surface area contributed by atoms with Crippen LogP contribution in [-0.4, -0.2) is 50.6 Å². The number of sulfonamides is 1. The minimum atomic E-state index is -3.70. The molecule has 0 radical (unpaired) electrons. The monoisotopic (exact) mass is 582 g/mol. The second kappa shape index (κ2) is 10.5. The second-order valence-corrected chi connectivity index (χ2v) is 12.6. The molecule has 0 aliphatic carbocycles. The zero-order valence-corrected chi connectivity index (χ0v) is 24.2. The van der Waals surface area contributed by atoms with Crippen LogP contribution in [0.2, 0.25) is 0 Å². The molecule has 3 aromatic carbocycles. The summed E-state index contributed by atoms with van der Waals surface area (Å²) in [7, 11) is 0.877. The van der Waals surface area contributed by atoms with Gasteiger partial charge < -0.3 is 4.98 Å². The van der Waals surface area contributed by atoms with Crippen molar-refractivity contribution in [2.24, 2.45) is 0 Å². The normalized spacial score (nSPS) is 11.7. The molecule has 0 spiro atoms. The fourth-order valence-electron chi connectivity index (χ4n) is 4.90. The van der Waals surface area contributed by atoms with E-state index in [-0.39, 0.29) is 10.1 Å². The summed E-state index contributed by atoms with van der Waals surface area (Å²) in [6.07, 6.45) is 1.83. The number of carbonyl (C=O) groups is 1. The maximum absolute atomic E-state index is 13.3. The summed E-state index contributed by atoms with van der Waals surface area (Å²) in [4.78, 5) is 25.8. The van der Waals surface area contributed by atoms with Crippen molar-refractivity contribution in [1.29, 1.82) is 0 Å². The summed E-state index contributed by atoms with van der Waals surface area (Å²) < 4.78 is 28.1. The van der Waals surface area contributed by atoms with Gasteiger partial charge in [0.15, 0.2) is 0 Å². The van der Waals surface area contributed by atoms with Gasteiger partial charge in [0.1, 0.15) is 9.86 Å². The smallest absolute Gasteiger partial charge is 0.277 e. The Labute approximate surface area is 241 Å². The minimum absolute atomic E-state index is 0.248. The topological polar surface area (TPSA) is 95.6 Å². The number of fused-ring (bicyclic) bond motifs is 3. The molecule has 0 atom stereocenters. The van der Waals surface area contributed by atoms with Crippen molar-refractivity contribution >= 4 is 54.9 Å². The molecule has 6 rings (SSSR count). The molecule has 3 aromatic heterocycles. The molecule has 0 unspecified atom stereocenters. The van der Waals surface area contributed by atoms with Crippen LogP contribution in [0.25, 0.3) is 44.2 Å². The number of aromatic nitrogens is 2. The number of hydroxylamine groups is 2. The summed E-state index contributed by atoms with van der Waals surface area (Å²) in [5.41, 5.74) is 6.29. The highest BCUT2D eigenvalue weighted by molar-refractivity contribution is 7.94. The molecule has 0 fully saturated rings. The van der Waals surface area contributed by atoms with Gasteiger partial charge in [0.2, 0.25) is 0 Å². The van der Waals surface area contributed by atoms with Crippen LogP contribution < -0.4 is 4.31 Å². The van der Waals surface area contributed by atoms with Crippen molar-refractivity contribution in [3.05, 3.63) is 102 Å². The Hall–Kier alpha value is -4.51. The van der Waals surface area contributed by atoms with E-state index < -0.39 is 10.0 Å². The highest BCUT2D eigenvalue weighted by atomic mass is 32.2. The predicted molar refractivity (Wildman–Crippen MR) is 163 cm³/mol. The average Bonchev–Trinajstić information content (AvgIpc) is 3.69. The van der Waals surface area contributed by atoms with E-state index in [2.05, 4.69) is 4.98 Å². The van der Waals surface area contributed by atoms with Crippen molar-refractivity contribution in [3.8, 4) is 22.3 Å². The largest absolute Gasteiger partial charge is 0.339 e. The first-order valence-electron chi connectivity index (χ1n) is 12.7. The first-order chi connectivity index (χ1) is 19.8. The fourth-order valence-corrected chi connectivity index (χ4v) is 7.25. The summed E-state index contributed by atoms with van der Waals surface area (Å²) in [5.74, 6) is -0.248. The van der Waals surface area contributed by atoms with Crippen molar-refractivity contribution in [2.45, 2.75) is 4.21 Å². The van der Waals surface area contributed by atoms with Gasteiger partial charge in [-0.3, -0.25) is 13.9 Å². The lowest BCUT2D eigenvalue weighted by Gasteiger charge is -2.19. The van der Waals surface area contributed by atoms with E-state index in [1.54, 1.807) is 49.8 Å². The van der Waals surface area contributed by atoms with Gasteiger partial charge in [-0.05, 0) is 52.9 Å². The maximum Gasteiger partial charge on any atom is 0.277 e. The van der Waals surface area contributed by atoms with Gasteiger partial charge in [-0.1, -0.05) is 48.5 Å². The molecule has 6 aromatic rings. The highest BCUT2D eigenvalue weighted by Crippen LogP contribution is 2.41. The maximum atomic E-state index is 13.3. The molecular weight excluding hydrogens is 556 g/mol. The van der Waals surface area contributed by atoms with E-state index in [9.17, 15) is 13.2 Å². The predicted octanol–water partition coefficient (Wildman–Crippen LogP) is 6.57. The summed E-state index contributed by atoms with van der Waals surface area (Å²) >= 11 is 1.19. The van der Waals surface area contributed by atoms with Gasteiger partial charge in [-0.2, -0.15) is 0 Å². The van der Waals surface area contributed by atoms with Crippen LogP contribution in [0.5, 0.6) is 0 Å². The third-order valence-electron chi connectivity index (χ3n) is 7.14. The van der Waals surface area contributed by atoms with Gasteiger partial charge in [0.25, 0.3) is 15.9 Å². The number of rotatable bonds is 7.